The Labute approximate surface area is 119 Å². The van der Waals surface area contributed by atoms with Crippen LogP contribution in [0, 0.1) is 0 Å². The number of aryl methyl sites for hydroxylation is 1. The van der Waals surface area contributed by atoms with Gasteiger partial charge in [-0.2, -0.15) is 0 Å². The van der Waals surface area contributed by atoms with Crippen LogP contribution in [0.5, 0.6) is 5.75 Å². The average molecular weight is 276 g/mol. The summed E-state index contributed by atoms with van der Waals surface area (Å²) < 4.78 is 6.41. The van der Waals surface area contributed by atoms with E-state index in [1.807, 2.05) is 0 Å². The lowest BCUT2D eigenvalue weighted by Gasteiger charge is -2.24. The highest BCUT2D eigenvalue weighted by atomic mass is 28.4. The predicted octanol–water partition coefficient (Wildman–Crippen LogP) is 5.01. The molecule has 1 heterocycles. The lowest BCUT2D eigenvalue weighted by atomic mass is 9.84. The van der Waals surface area contributed by atoms with Gasteiger partial charge in [0.05, 0.1) is 0 Å². The number of hydrogen-bond acceptors (Lipinski definition) is 1. The van der Waals surface area contributed by atoms with E-state index in [0.717, 1.165) is 0 Å². The van der Waals surface area contributed by atoms with Crippen molar-refractivity contribution in [3.8, 4) is 5.75 Å². The molecule has 0 saturated carbocycles. The Morgan fingerprint density at radius 2 is 1.89 bits per heavy atom. The van der Waals surface area contributed by atoms with Gasteiger partial charge in [0.2, 0.25) is 8.32 Å². The molecule has 2 rings (SSSR count). The minimum Gasteiger partial charge on any atom is -0.543 e. The molecule has 0 bridgehead atoms. The normalized spacial score (nSPS) is 17.2. The fraction of sp³-hybridized carbons (Fsp3) is 0.647. The highest BCUT2D eigenvalue weighted by Crippen LogP contribution is 2.43. The largest absolute Gasteiger partial charge is 0.543 e. The Bertz CT molecular complexity index is 469. The molecule has 0 atom stereocenters. The summed E-state index contributed by atoms with van der Waals surface area (Å²) in [5.41, 5.74) is 4.61. The maximum Gasteiger partial charge on any atom is 0.249 e. The van der Waals surface area contributed by atoms with Crippen LogP contribution in [0.2, 0.25) is 13.1 Å². The van der Waals surface area contributed by atoms with Crippen molar-refractivity contribution < 1.29 is 4.43 Å². The lowest BCUT2D eigenvalue weighted by Crippen LogP contribution is -2.32. The number of rotatable bonds is 3. The molecule has 0 saturated heterocycles. The Hall–Kier alpha value is -0.763. The van der Waals surface area contributed by atoms with Gasteiger partial charge in [-0.1, -0.05) is 46.2 Å². The van der Waals surface area contributed by atoms with Gasteiger partial charge in [-0.05, 0) is 48.0 Å². The van der Waals surface area contributed by atoms with Crippen LogP contribution in [0.1, 0.15) is 57.2 Å². The molecule has 106 valence electrons. The van der Waals surface area contributed by atoms with E-state index in [0.29, 0.717) is 0 Å². The van der Waals surface area contributed by atoms with Gasteiger partial charge in [0.1, 0.15) is 5.75 Å². The standard InChI is InChI=1S/C17H28OSi/c1-7-8-9-13-10-11-15(17(2,3)4)16-14(13)12-19(5,6)18-16/h10-11H,7-9,12H2,1-6H3. The smallest absolute Gasteiger partial charge is 0.249 e. The fourth-order valence-electron chi connectivity index (χ4n) is 2.91. The molecular weight excluding hydrogens is 248 g/mol. The Kier molecular flexibility index (Phi) is 3.83. The quantitative estimate of drug-likeness (QED) is 0.705. The highest BCUT2D eigenvalue weighted by molar-refractivity contribution is 6.72. The first-order valence-electron chi connectivity index (χ1n) is 7.59. The second-order valence-electron chi connectivity index (χ2n) is 7.47. The molecule has 0 spiro atoms. The molecular formula is C17H28OSi. The molecule has 1 nitrogen and oxygen atoms in total. The maximum absolute atomic E-state index is 6.41. The molecule has 1 aromatic rings. The highest BCUT2D eigenvalue weighted by Gasteiger charge is 2.37. The lowest BCUT2D eigenvalue weighted by molar-refractivity contribution is 0.518. The van der Waals surface area contributed by atoms with E-state index in [1.165, 1.54) is 47.7 Å². The third kappa shape index (κ3) is 3.05. The molecule has 0 radical (unpaired) electrons. The summed E-state index contributed by atoms with van der Waals surface area (Å²) in [6.07, 6.45) is 3.75. The van der Waals surface area contributed by atoms with Gasteiger partial charge in [0.25, 0.3) is 0 Å². The molecule has 0 aromatic heterocycles. The molecule has 0 N–H and O–H groups in total. The van der Waals surface area contributed by atoms with Crippen LogP contribution in [-0.4, -0.2) is 8.32 Å². The first-order chi connectivity index (χ1) is 8.74. The van der Waals surface area contributed by atoms with Crippen LogP contribution in [0.15, 0.2) is 12.1 Å². The van der Waals surface area contributed by atoms with Crippen molar-refractivity contribution in [3.05, 3.63) is 28.8 Å². The van der Waals surface area contributed by atoms with Crippen LogP contribution in [0.3, 0.4) is 0 Å². The van der Waals surface area contributed by atoms with Crippen molar-refractivity contribution in [1.29, 1.82) is 0 Å². The first kappa shape index (κ1) is 14.6. The molecule has 0 aliphatic carbocycles. The van der Waals surface area contributed by atoms with Crippen LogP contribution in [0.4, 0.5) is 0 Å². The third-order valence-electron chi connectivity index (χ3n) is 3.95. The number of unbranched alkanes of at least 4 members (excludes halogenated alkanes) is 1. The number of benzene rings is 1. The number of fused-ring (bicyclic) bond motifs is 1. The minimum absolute atomic E-state index is 0.169. The molecule has 0 unspecified atom stereocenters. The monoisotopic (exact) mass is 276 g/mol. The average Bonchev–Trinajstić information content (AvgIpc) is 2.59. The molecule has 1 aliphatic heterocycles. The van der Waals surface area contributed by atoms with E-state index < -0.39 is 8.32 Å². The van der Waals surface area contributed by atoms with Gasteiger partial charge in [-0.25, -0.2) is 0 Å². The molecule has 2 heteroatoms. The van der Waals surface area contributed by atoms with Crippen molar-refractivity contribution in [3.63, 3.8) is 0 Å². The van der Waals surface area contributed by atoms with Gasteiger partial charge < -0.3 is 4.43 Å². The third-order valence-corrected chi connectivity index (χ3v) is 5.91. The SMILES string of the molecule is CCCCc1ccc(C(C)(C)C)c2c1C[Si](C)(C)O2. The van der Waals surface area contributed by atoms with Crippen LogP contribution < -0.4 is 4.43 Å². The minimum atomic E-state index is -1.53. The number of hydrogen-bond donors (Lipinski definition) is 0. The predicted molar refractivity (Wildman–Crippen MR) is 85.6 cm³/mol. The van der Waals surface area contributed by atoms with E-state index in [1.54, 1.807) is 0 Å². The van der Waals surface area contributed by atoms with Crippen molar-refractivity contribution in [1.82, 2.24) is 0 Å². The zero-order chi connectivity index (χ0) is 14.3. The Balaban J connectivity index is 2.47. The van der Waals surface area contributed by atoms with Gasteiger partial charge in [0, 0.05) is 6.04 Å². The maximum atomic E-state index is 6.41. The molecule has 0 amide bonds. The molecule has 19 heavy (non-hydrogen) atoms. The van der Waals surface area contributed by atoms with Gasteiger partial charge in [0.15, 0.2) is 0 Å². The topological polar surface area (TPSA) is 9.23 Å². The zero-order valence-electron chi connectivity index (χ0n) is 13.4. The summed E-state index contributed by atoms with van der Waals surface area (Å²) in [4.78, 5) is 0. The van der Waals surface area contributed by atoms with Gasteiger partial charge in [-0.15, -0.1) is 0 Å². The second-order valence-corrected chi connectivity index (χ2v) is 11.5. The van der Waals surface area contributed by atoms with Crippen LogP contribution in [0.25, 0.3) is 0 Å². The van der Waals surface area contributed by atoms with Gasteiger partial charge in [-0.3, -0.25) is 0 Å². The molecule has 1 aliphatic rings. The summed E-state index contributed by atoms with van der Waals surface area (Å²) in [5.74, 6) is 1.23. The second kappa shape index (κ2) is 4.97. The van der Waals surface area contributed by atoms with Crippen molar-refractivity contribution in [2.75, 3.05) is 0 Å². The van der Waals surface area contributed by atoms with E-state index in [9.17, 15) is 0 Å². The van der Waals surface area contributed by atoms with Crippen molar-refractivity contribution in [2.24, 2.45) is 0 Å². The van der Waals surface area contributed by atoms with Crippen molar-refractivity contribution >= 4 is 8.32 Å². The van der Waals surface area contributed by atoms with E-state index in [4.69, 9.17) is 4.43 Å². The van der Waals surface area contributed by atoms with E-state index in [-0.39, 0.29) is 5.41 Å². The van der Waals surface area contributed by atoms with Crippen LogP contribution in [-0.2, 0) is 17.9 Å². The Morgan fingerprint density at radius 3 is 2.47 bits per heavy atom. The summed E-state index contributed by atoms with van der Waals surface area (Å²) >= 11 is 0. The Morgan fingerprint density at radius 1 is 1.21 bits per heavy atom. The molecule has 1 aromatic carbocycles. The summed E-state index contributed by atoms with van der Waals surface area (Å²) in [6, 6.07) is 5.85. The van der Waals surface area contributed by atoms with Crippen molar-refractivity contribution in [2.45, 2.75) is 71.5 Å². The first-order valence-corrected chi connectivity index (χ1v) is 10.7. The fourth-order valence-corrected chi connectivity index (χ4v) is 5.01. The van der Waals surface area contributed by atoms with E-state index in [2.05, 4.69) is 52.9 Å². The van der Waals surface area contributed by atoms with E-state index >= 15 is 0 Å². The zero-order valence-corrected chi connectivity index (χ0v) is 14.4. The van der Waals surface area contributed by atoms with Gasteiger partial charge >= 0.3 is 0 Å². The summed E-state index contributed by atoms with van der Waals surface area (Å²) in [5, 5.41) is 0. The summed E-state index contributed by atoms with van der Waals surface area (Å²) in [6.45, 7) is 13.8. The summed E-state index contributed by atoms with van der Waals surface area (Å²) in [7, 11) is -1.53. The molecule has 0 fully saturated rings. The van der Waals surface area contributed by atoms with Crippen LogP contribution >= 0.6 is 0 Å².